The summed E-state index contributed by atoms with van der Waals surface area (Å²) in [5.41, 5.74) is 4.92. The zero-order valence-electron chi connectivity index (χ0n) is 15.7. The van der Waals surface area contributed by atoms with Crippen LogP contribution in [0.15, 0.2) is 35.4 Å². The minimum atomic E-state index is -0.402. The zero-order chi connectivity index (χ0) is 20.5. The number of hydrazone groups is 1. The lowest BCUT2D eigenvalue weighted by Gasteiger charge is -2.15. The van der Waals surface area contributed by atoms with Gasteiger partial charge < -0.3 is 10.1 Å². The van der Waals surface area contributed by atoms with Crippen molar-refractivity contribution in [1.82, 2.24) is 10.7 Å². The second-order valence-corrected chi connectivity index (χ2v) is 7.15. The Kier molecular flexibility index (Phi) is 5.00. The van der Waals surface area contributed by atoms with E-state index < -0.39 is 5.82 Å². The van der Waals surface area contributed by atoms with E-state index in [-0.39, 0.29) is 48.8 Å². The van der Waals surface area contributed by atoms with Crippen LogP contribution >= 0.6 is 0 Å². The molecule has 2 aromatic carbocycles. The van der Waals surface area contributed by atoms with Crippen LogP contribution in [0.5, 0.6) is 5.75 Å². The number of amides is 2. The molecule has 0 saturated carbocycles. The highest BCUT2D eigenvalue weighted by atomic mass is 19.1. The van der Waals surface area contributed by atoms with E-state index in [1.165, 1.54) is 18.2 Å². The van der Waals surface area contributed by atoms with Gasteiger partial charge >= 0.3 is 0 Å². The fourth-order valence-corrected chi connectivity index (χ4v) is 3.48. The highest BCUT2D eigenvalue weighted by Gasteiger charge is 2.28. The van der Waals surface area contributed by atoms with Crippen molar-refractivity contribution in [3.05, 3.63) is 53.1 Å². The van der Waals surface area contributed by atoms with Gasteiger partial charge in [0.2, 0.25) is 5.91 Å². The Morgan fingerprint density at radius 1 is 1.28 bits per heavy atom. The third kappa shape index (κ3) is 3.96. The molecular weight excluding hydrogens is 380 g/mol. The van der Waals surface area contributed by atoms with Crippen molar-refractivity contribution in [2.24, 2.45) is 5.10 Å². The molecule has 0 bridgehead atoms. The number of nitrogens with zero attached hydrogens (tertiary/aromatic N) is 1. The molecule has 0 spiro atoms. The van der Waals surface area contributed by atoms with Crippen molar-refractivity contribution < 1.29 is 23.1 Å². The Morgan fingerprint density at radius 3 is 2.83 bits per heavy atom. The quantitative estimate of drug-likeness (QED) is 0.830. The molecule has 2 N–H and O–H groups in total. The Hall–Kier alpha value is -3.29. The maximum atomic E-state index is 14.2. The fourth-order valence-electron chi connectivity index (χ4n) is 3.48. The van der Waals surface area contributed by atoms with E-state index in [4.69, 9.17) is 4.74 Å². The van der Waals surface area contributed by atoms with E-state index in [9.17, 15) is 18.4 Å². The molecule has 6 nitrogen and oxygen atoms in total. The van der Waals surface area contributed by atoms with Crippen LogP contribution < -0.4 is 15.5 Å². The lowest BCUT2D eigenvalue weighted by molar-refractivity contribution is -0.121. The van der Waals surface area contributed by atoms with E-state index >= 15 is 0 Å². The van der Waals surface area contributed by atoms with Crippen molar-refractivity contribution >= 4 is 17.5 Å². The first-order valence-electron chi connectivity index (χ1n) is 9.30. The maximum Gasteiger partial charge on any atom is 0.267 e. The van der Waals surface area contributed by atoms with Gasteiger partial charge in [0.05, 0.1) is 6.54 Å². The summed E-state index contributed by atoms with van der Waals surface area (Å²) >= 11 is 0. The van der Waals surface area contributed by atoms with E-state index in [0.717, 1.165) is 0 Å². The molecule has 4 rings (SSSR count). The Bertz CT molecular complexity index is 1040. The van der Waals surface area contributed by atoms with Crippen LogP contribution in [0.25, 0.3) is 11.1 Å². The van der Waals surface area contributed by atoms with Gasteiger partial charge in [0.15, 0.2) is 0 Å². The lowest BCUT2D eigenvalue weighted by Crippen LogP contribution is -2.41. The van der Waals surface area contributed by atoms with Crippen molar-refractivity contribution in [3.63, 3.8) is 0 Å². The van der Waals surface area contributed by atoms with E-state index in [0.29, 0.717) is 34.4 Å². The third-order valence-electron chi connectivity index (χ3n) is 4.99. The number of hydrogen-bond acceptors (Lipinski definition) is 4. The standard InChI is InChI=1S/C21H19F2N3O3/c1-11-6-12(2-3-17(11)23)16-9-14(22)7-13-8-15(29-20(13)16)10-24-21(28)18-4-5-19(27)26-25-18/h2-3,6-7,9,15H,4-5,8,10H2,1H3,(H,24,28)(H,26,27)/t15-/m0/s1. The predicted molar refractivity (Wildman–Crippen MR) is 102 cm³/mol. The van der Waals surface area contributed by atoms with Crippen molar-refractivity contribution in [2.45, 2.75) is 32.3 Å². The molecule has 0 fully saturated rings. The first kappa shape index (κ1) is 19.0. The average molecular weight is 399 g/mol. The summed E-state index contributed by atoms with van der Waals surface area (Å²) in [6.07, 6.45) is 0.568. The van der Waals surface area contributed by atoms with Crippen molar-refractivity contribution in [3.8, 4) is 16.9 Å². The molecule has 0 aromatic heterocycles. The molecule has 150 valence electrons. The summed E-state index contributed by atoms with van der Waals surface area (Å²) in [5.74, 6) is -0.780. The molecule has 1 atom stereocenters. The minimum Gasteiger partial charge on any atom is -0.487 e. The average Bonchev–Trinajstić information content (AvgIpc) is 3.11. The summed E-state index contributed by atoms with van der Waals surface area (Å²) < 4.78 is 33.7. The van der Waals surface area contributed by atoms with Gasteiger partial charge in [0.1, 0.15) is 29.2 Å². The topological polar surface area (TPSA) is 79.8 Å². The Morgan fingerprint density at radius 2 is 2.10 bits per heavy atom. The highest BCUT2D eigenvalue weighted by molar-refractivity contribution is 6.39. The van der Waals surface area contributed by atoms with Gasteiger partial charge in [-0.15, -0.1) is 0 Å². The van der Waals surface area contributed by atoms with Crippen molar-refractivity contribution in [1.29, 1.82) is 0 Å². The zero-order valence-corrected chi connectivity index (χ0v) is 15.7. The Labute approximate surface area is 165 Å². The molecule has 0 aliphatic carbocycles. The number of carbonyl (C=O) groups excluding carboxylic acids is 2. The molecule has 2 heterocycles. The summed E-state index contributed by atoms with van der Waals surface area (Å²) in [7, 11) is 0. The monoisotopic (exact) mass is 399 g/mol. The molecule has 2 amide bonds. The summed E-state index contributed by atoms with van der Waals surface area (Å²) in [6.45, 7) is 1.86. The molecule has 0 radical (unpaired) electrons. The number of rotatable bonds is 4. The molecule has 2 aromatic rings. The highest BCUT2D eigenvalue weighted by Crippen LogP contribution is 2.40. The van der Waals surface area contributed by atoms with Gasteiger partial charge in [-0.05, 0) is 42.3 Å². The van der Waals surface area contributed by atoms with Gasteiger partial charge in [-0.1, -0.05) is 6.07 Å². The number of hydrogen-bond donors (Lipinski definition) is 2. The number of halogens is 2. The largest absolute Gasteiger partial charge is 0.487 e. The van der Waals surface area contributed by atoms with Crippen LogP contribution in [0.2, 0.25) is 0 Å². The molecule has 0 unspecified atom stereocenters. The number of ether oxygens (including phenoxy) is 1. The molecule has 0 saturated heterocycles. The Balaban J connectivity index is 1.48. The number of benzene rings is 2. The third-order valence-corrected chi connectivity index (χ3v) is 4.99. The second-order valence-electron chi connectivity index (χ2n) is 7.15. The van der Waals surface area contributed by atoms with Crippen LogP contribution in [-0.4, -0.2) is 30.2 Å². The van der Waals surface area contributed by atoms with E-state index in [2.05, 4.69) is 15.8 Å². The second kappa shape index (κ2) is 7.62. The number of fused-ring (bicyclic) bond motifs is 1. The van der Waals surface area contributed by atoms with Gasteiger partial charge in [-0.25, -0.2) is 14.2 Å². The van der Waals surface area contributed by atoms with Crippen molar-refractivity contribution in [2.75, 3.05) is 6.54 Å². The first-order chi connectivity index (χ1) is 13.9. The van der Waals surface area contributed by atoms with Crippen LogP contribution in [-0.2, 0) is 16.0 Å². The number of carbonyl (C=O) groups is 2. The molecule has 2 aliphatic rings. The molecule has 8 heteroatoms. The number of aryl methyl sites for hydroxylation is 1. The number of nitrogens with one attached hydrogen (secondary N) is 2. The van der Waals surface area contributed by atoms with Crippen LogP contribution in [0.1, 0.15) is 24.0 Å². The summed E-state index contributed by atoms with van der Waals surface area (Å²) in [4.78, 5) is 23.3. The molecule has 2 aliphatic heterocycles. The van der Waals surface area contributed by atoms with Gasteiger partial charge in [0, 0.05) is 30.4 Å². The summed E-state index contributed by atoms with van der Waals surface area (Å²) in [5, 5.41) is 6.50. The lowest BCUT2D eigenvalue weighted by atomic mass is 9.99. The first-order valence-corrected chi connectivity index (χ1v) is 9.30. The maximum absolute atomic E-state index is 14.2. The molecule has 29 heavy (non-hydrogen) atoms. The smallest absolute Gasteiger partial charge is 0.267 e. The summed E-state index contributed by atoms with van der Waals surface area (Å²) in [6, 6.07) is 7.37. The van der Waals surface area contributed by atoms with Gasteiger partial charge in [-0.3, -0.25) is 9.59 Å². The predicted octanol–water partition coefficient (Wildman–Crippen LogP) is 2.63. The fraction of sp³-hybridized carbons (Fsp3) is 0.286. The van der Waals surface area contributed by atoms with E-state index in [1.807, 2.05) is 0 Å². The van der Waals surface area contributed by atoms with E-state index in [1.54, 1.807) is 19.1 Å². The molecular formula is C21H19F2N3O3. The normalized spacial score (nSPS) is 17.8. The van der Waals surface area contributed by atoms with Crippen LogP contribution in [0, 0.1) is 18.6 Å². The van der Waals surface area contributed by atoms with Gasteiger partial charge in [0.25, 0.3) is 5.91 Å². The SMILES string of the molecule is Cc1cc(-c2cc(F)cc3c2O[C@H](CNC(=O)C2=NNC(=O)CC2)C3)ccc1F. The van der Waals surface area contributed by atoms with Gasteiger partial charge in [-0.2, -0.15) is 5.10 Å². The van der Waals surface area contributed by atoms with Crippen LogP contribution in [0.4, 0.5) is 8.78 Å². The van der Waals surface area contributed by atoms with Crippen LogP contribution in [0.3, 0.4) is 0 Å². The minimum absolute atomic E-state index is 0.212.